The van der Waals surface area contributed by atoms with Crippen LogP contribution in [0.1, 0.15) is 27.2 Å². The van der Waals surface area contributed by atoms with E-state index in [-0.39, 0.29) is 5.91 Å². The molecule has 4 heteroatoms. The number of carbonyl (C=O) groups is 1. The van der Waals surface area contributed by atoms with Crippen LogP contribution in [0.4, 0.5) is 0 Å². The summed E-state index contributed by atoms with van der Waals surface area (Å²) >= 11 is 0. The van der Waals surface area contributed by atoms with Crippen LogP contribution in [0.3, 0.4) is 0 Å². The third-order valence-electron chi connectivity index (χ3n) is 4.84. The van der Waals surface area contributed by atoms with E-state index in [4.69, 9.17) is 4.52 Å². The van der Waals surface area contributed by atoms with Crippen LogP contribution < -0.4 is 0 Å². The van der Waals surface area contributed by atoms with E-state index in [0.717, 1.165) is 16.7 Å². The molecule has 144 valence electrons. The van der Waals surface area contributed by atoms with Gasteiger partial charge in [-0.1, -0.05) is 96.2 Å². The Hall–Kier alpha value is -3.66. The molecular weight excluding hydrogens is 360 g/mol. The van der Waals surface area contributed by atoms with Gasteiger partial charge in [0.25, 0.3) is 5.91 Å². The first kappa shape index (κ1) is 18.7. The molecule has 0 bridgehead atoms. The minimum absolute atomic E-state index is 0.0877. The second-order valence-corrected chi connectivity index (χ2v) is 6.96. The van der Waals surface area contributed by atoms with Gasteiger partial charge in [-0.3, -0.25) is 4.79 Å². The molecule has 4 rings (SSSR count). The van der Waals surface area contributed by atoms with Crippen molar-refractivity contribution in [3.05, 3.63) is 113 Å². The van der Waals surface area contributed by atoms with E-state index < -0.39 is 0 Å². The molecule has 0 saturated carbocycles. The van der Waals surface area contributed by atoms with Crippen LogP contribution in [0.2, 0.25) is 0 Å². The molecule has 4 aromatic rings. The predicted octanol–water partition coefficient (Wildman–Crippen LogP) is 5.49. The van der Waals surface area contributed by atoms with Gasteiger partial charge in [0.1, 0.15) is 17.0 Å². The average Bonchev–Trinajstić information content (AvgIpc) is 3.16. The molecule has 1 amide bonds. The SMILES string of the molecule is Cc1onc(-c2ccccc2)c1C(=O)N(Cc1ccccc1)Cc1ccccc1. The Kier molecular flexibility index (Phi) is 5.52. The maximum absolute atomic E-state index is 13.7. The van der Waals surface area contributed by atoms with Crippen molar-refractivity contribution in [3.63, 3.8) is 0 Å². The van der Waals surface area contributed by atoms with Crippen LogP contribution >= 0.6 is 0 Å². The van der Waals surface area contributed by atoms with Gasteiger partial charge in [-0.2, -0.15) is 0 Å². The number of rotatable bonds is 6. The van der Waals surface area contributed by atoms with E-state index >= 15 is 0 Å². The van der Waals surface area contributed by atoms with Crippen LogP contribution in [0.5, 0.6) is 0 Å². The third-order valence-corrected chi connectivity index (χ3v) is 4.84. The molecule has 1 aromatic heterocycles. The fourth-order valence-corrected chi connectivity index (χ4v) is 3.38. The van der Waals surface area contributed by atoms with Crippen LogP contribution in [0.25, 0.3) is 11.3 Å². The van der Waals surface area contributed by atoms with E-state index in [1.54, 1.807) is 6.92 Å². The van der Waals surface area contributed by atoms with Crippen LogP contribution in [-0.4, -0.2) is 16.0 Å². The molecule has 0 spiro atoms. The van der Waals surface area contributed by atoms with Gasteiger partial charge in [0, 0.05) is 18.7 Å². The Bertz CT molecular complexity index is 1030. The zero-order valence-electron chi connectivity index (χ0n) is 16.3. The number of hydrogen-bond donors (Lipinski definition) is 0. The van der Waals surface area contributed by atoms with Gasteiger partial charge in [-0.05, 0) is 18.1 Å². The van der Waals surface area contributed by atoms with Gasteiger partial charge in [0.15, 0.2) is 0 Å². The minimum Gasteiger partial charge on any atom is -0.360 e. The van der Waals surface area contributed by atoms with Crippen molar-refractivity contribution in [2.24, 2.45) is 0 Å². The second kappa shape index (κ2) is 8.57. The van der Waals surface area contributed by atoms with Gasteiger partial charge in [-0.15, -0.1) is 0 Å². The molecule has 0 atom stereocenters. The summed E-state index contributed by atoms with van der Waals surface area (Å²) in [5, 5.41) is 4.18. The highest BCUT2D eigenvalue weighted by Crippen LogP contribution is 2.27. The number of aromatic nitrogens is 1. The average molecular weight is 382 g/mol. The summed E-state index contributed by atoms with van der Waals surface area (Å²) < 4.78 is 5.42. The number of amides is 1. The summed E-state index contributed by atoms with van der Waals surface area (Å²) in [7, 11) is 0. The van der Waals surface area contributed by atoms with Crippen LogP contribution in [-0.2, 0) is 13.1 Å². The normalized spacial score (nSPS) is 10.7. The van der Waals surface area contributed by atoms with Crippen LogP contribution in [0, 0.1) is 6.92 Å². The quantitative estimate of drug-likeness (QED) is 0.443. The molecule has 0 radical (unpaired) electrons. The molecule has 0 saturated heterocycles. The predicted molar refractivity (Wildman–Crippen MR) is 113 cm³/mol. The summed E-state index contributed by atoms with van der Waals surface area (Å²) in [5.74, 6) is 0.440. The molecule has 29 heavy (non-hydrogen) atoms. The first-order chi connectivity index (χ1) is 14.2. The summed E-state index contributed by atoms with van der Waals surface area (Å²) in [5.41, 5.74) is 4.12. The van der Waals surface area contributed by atoms with E-state index in [2.05, 4.69) is 5.16 Å². The summed E-state index contributed by atoms with van der Waals surface area (Å²) in [6, 6.07) is 29.7. The van der Waals surface area contributed by atoms with Gasteiger partial charge in [0.05, 0.1) is 0 Å². The standard InChI is InChI=1S/C25H22N2O2/c1-19-23(24(26-29-19)22-15-9-4-10-16-22)25(28)27(17-20-11-5-2-6-12-20)18-21-13-7-3-8-14-21/h2-16H,17-18H2,1H3. The van der Waals surface area contributed by atoms with Gasteiger partial charge >= 0.3 is 0 Å². The third kappa shape index (κ3) is 4.27. The number of carbonyl (C=O) groups excluding carboxylic acids is 1. The number of hydrogen-bond acceptors (Lipinski definition) is 3. The first-order valence-electron chi connectivity index (χ1n) is 9.61. The number of aryl methyl sites for hydroxylation is 1. The maximum Gasteiger partial charge on any atom is 0.260 e. The molecule has 0 aliphatic carbocycles. The lowest BCUT2D eigenvalue weighted by Gasteiger charge is -2.23. The van der Waals surface area contributed by atoms with E-state index in [0.29, 0.717) is 30.1 Å². The van der Waals surface area contributed by atoms with Crippen molar-refractivity contribution in [3.8, 4) is 11.3 Å². The molecule has 3 aromatic carbocycles. The van der Waals surface area contributed by atoms with Gasteiger partial charge in [0.2, 0.25) is 0 Å². The Balaban J connectivity index is 1.71. The molecule has 0 aliphatic heterocycles. The minimum atomic E-state index is -0.0877. The van der Waals surface area contributed by atoms with E-state index in [1.165, 1.54) is 0 Å². The largest absolute Gasteiger partial charge is 0.360 e. The van der Waals surface area contributed by atoms with Crippen molar-refractivity contribution in [1.82, 2.24) is 10.1 Å². The lowest BCUT2D eigenvalue weighted by atomic mass is 10.0. The Morgan fingerprint density at radius 1 is 0.793 bits per heavy atom. The molecule has 0 N–H and O–H groups in total. The number of benzene rings is 3. The fourth-order valence-electron chi connectivity index (χ4n) is 3.38. The number of nitrogens with zero attached hydrogens (tertiary/aromatic N) is 2. The molecular formula is C25H22N2O2. The topological polar surface area (TPSA) is 46.3 Å². The van der Waals surface area contributed by atoms with Crippen molar-refractivity contribution >= 4 is 5.91 Å². The Morgan fingerprint density at radius 3 is 1.79 bits per heavy atom. The lowest BCUT2D eigenvalue weighted by molar-refractivity contribution is 0.0729. The van der Waals surface area contributed by atoms with Crippen molar-refractivity contribution in [2.45, 2.75) is 20.0 Å². The zero-order valence-corrected chi connectivity index (χ0v) is 16.3. The summed E-state index contributed by atoms with van der Waals surface area (Å²) in [6.07, 6.45) is 0. The van der Waals surface area contributed by atoms with Crippen molar-refractivity contribution in [1.29, 1.82) is 0 Å². The zero-order chi connectivity index (χ0) is 20.1. The van der Waals surface area contributed by atoms with Gasteiger partial charge < -0.3 is 9.42 Å². The molecule has 4 nitrogen and oxygen atoms in total. The monoisotopic (exact) mass is 382 g/mol. The highest BCUT2D eigenvalue weighted by Gasteiger charge is 2.26. The Morgan fingerprint density at radius 2 is 1.28 bits per heavy atom. The van der Waals surface area contributed by atoms with Crippen molar-refractivity contribution < 1.29 is 9.32 Å². The van der Waals surface area contributed by atoms with E-state index in [1.807, 2.05) is 95.9 Å². The summed E-state index contributed by atoms with van der Waals surface area (Å²) in [4.78, 5) is 15.5. The lowest BCUT2D eigenvalue weighted by Crippen LogP contribution is -2.30. The fraction of sp³-hybridized carbons (Fsp3) is 0.120. The van der Waals surface area contributed by atoms with Gasteiger partial charge in [-0.25, -0.2) is 0 Å². The van der Waals surface area contributed by atoms with Crippen molar-refractivity contribution in [2.75, 3.05) is 0 Å². The highest BCUT2D eigenvalue weighted by atomic mass is 16.5. The summed E-state index contributed by atoms with van der Waals surface area (Å²) in [6.45, 7) is 2.80. The maximum atomic E-state index is 13.7. The smallest absolute Gasteiger partial charge is 0.260 e. The molecule has 0 aliphatic rings. The van der Waals surface area contributed by atoms with Crippen LogP contribution in [0.15, 0.2) is 95.5 Å². The molecule has 0 fully saturated rings. The molecule has 1 heterocycles. The first-order valence-corrected chi connectivity index (χ1v) is 9.61. The molecule has 0 unspecified atom stereocenters. The Labute approximate surface area is 170 Å². The highest BCUT2D eigenvalue weighted by molar-refractivity contribution is 6.00. The van der Waals surface area contributed by atoms with E-state index in [9.17, 15) is 4.79 Å². The second-order valence-electron chi connectivity index (χ2n) is 6.96.